The van der Waals surface area contributed by atoms with Crippen molar-refractivity contribution >= 4 is 33.4 Å². The van der Waals surface area contributed by atoms with Crippen molar-refractivity contribution < 1.29 is 0 Å². The Kier molecular flexibility index (Phi) is 6.25. The molecule has 0 saturated carbocycles. The van der Waals surface area contributed by atoms with E-state index >= 15 is 0 Å². The van der Waals surface area contributed by atoms with Crippen molar-refractivity contribution in [2.45, 2.75) is 9.79 Å². The first-order valence-electron chi connectivity index (χ1n) is 15.5. The van der Waals surface area contributed by atoms with E-state index in [-0.39, 0.29) is 5.56 Å². The van der Waals surface area contributed by atoms with Crippen LogP contribution < -0.4 is 5.56 Å². The van der Waals surface area contributed by atoms with Gasteiger partial charge in [0.15, 0.2) is 0 Å². The number of nitrogens with zero attached hydrogens (tertiary/aromatic N) is 1. The summed E-state index contributed by atoms with van der Waals surface area (Å²) in [7, 11) is 0. The molecule has 2 heterocycles. The molecule has 0 radical (unpaired) electrons. The summed E-state index contributed by atoms with van der Waals surface area (Å²) >= 11 is 1.79. The monoisotopic (exact) mass is 605 g/mol. The largest absolute Gasteiger partial charge is 0.275 e. The molecular weight excluding hydrogens is 579 g/mol. The lowest BCUT2D eigenvalue weighted by Gasteiger charge is -2.24. The molecule has 0 bridgehead atoms. The first-order valence-corrected chi connectivity index (χ1v) is 16.3. The molecule has 0 unspecified atom stereocenters. The number of benzene rings is 7. The molecule has 0 aliphatic carbocycles. The van der Waals surface area contributed by atoms with E-state index in [1.807, 2.05) is 28.8 Å². The Morgan fingerprint density at radius 2 is 0.935 bits per heavy atom. The lowest BCUT2D eigenvalue weighted by atomic mass is 9.92. The van der Waals surface area contributed by atoms with E-state index in [0.29, 0.717) is 5.39 Å². The van der Waals surface area contributed by atoms with Gasteiger partial charge in [-0.2, -0.15) is 0 Å². The second-order valence-corrected chi connectivity index (χ2v) is 12.7. The fraction of sp³-hybridized carbons (Fsp3) is 0. The van der Waals surface area contributed by atoms with Crippen LogP contribution in [0.15, 0.2) is 178 Å². The van der Waals surface area contributed by atoms with Crippen LogP contribution in [0.4, 0.5) is 0 Å². The summed E-state index contributed by atoms with van der Waals surface area (Å²) in [5.74, 6) is 0. The smallest absolute Gasteiger partial charge is 0.263 e. The van der Waals surface area contributed by atoms with Crippen LogP contribution in [0.25, 0.3) is 71.9 Å². The normalized spacial score (nSPS) is 11.9. The van der Waals surface area contributed by atoms with Gasteiger partial charge in [-0.15, -0.1) is 0 Å². The Morgan fingerprint density at radius 1 is 0.391 bits per heavy atom. The van der Waals surface area contributed by atoms with Gasteiger partial charge >= 0.3 is 0 Å². The molecule has 1 aliphatic rings. The molecule has 7 aromatic carbocycles. The first kappa shape index (κ1) is 26.7. The standard InChI is InChI=1S/C43H27NOS/c45-43-35-20-8-7-17-32(35)37-26-31(29-15-5-2-6-16-29)27-38-34-19-10-12-22-41(34)46-40-21-11-9-18-33(40)36-25-30(28-13-3-1-4-14-28)23-24-39(36)44(43)42(37)38/h1-27H. The van der Waals surface area contributed by atoms with Crippen LogP contribution in [0.2, 0.25) is 0 Å². The van der Waals surface area contributed by atoms with Crippen LogP contribution in [0.1, 0.15) is 0 Å². The highest BCUT2D eigenvalue weighted by Crippen LogP contribution is 2.47. The minimum absolute atomic E-state index is 0.0197. The summed E-state index contributed by atoms with van der Waals surface area (Å²) in [6.45, 7) is 0. The SMILES string of the molecule is O=c1c2ccccc2c2cc(-c3ccccc3)cc3c2n1-c1ccc(-c2ccccc2)cc1-c1ccccc1Sc1ccccc1-3. The van der Waals surface area contributed by atoms with Gasteiger partial charge in [0.1, 0.15) is 0 Å². The Balaban J connectivity index is 1.51. The van der Waals surface area contributed by atoms with Gasteiger partial charge in [0.2, 0.25) is 0 Å². The molecule has 0 saturated heterocycles. The number of aromatic nitrogens is 1. The Hall–Kier alpha value is -5.64. The van der Waals surface area contributed by atoms with Gasteiger partial charge in [-0.25, -0.2) is 0 Å². The minimum Gasteiger partial charge on any atom is -0.275 e. The Bertz CT molecular complexity index is 2520. The van der Waals surface area contributed by atoms with Crippen LogP contribution in [0.5, 0.6) is 0 Å². The van der Waals surface area contributed by atoms with E-state index in [9.17, 15) is 4.79 Å². The summed E-state index contributed by atoms with van der Waals surface area (Å²) in [5, 5.41) is 2.72. The molecule has 46 heavy (non-hydrogen) atoms. The lowest BCUT2D eigenvalue weighted by Crippen LogP contribution is -2.21. The zero-order valence-corrected chi connectivity index (χ0v) is 25.7. The molecule has 2 nitrogen and oxygen atoms in total. The quantitative estimate of drug-likeness (QED) is 0.183. The number of rotatable bonds is 2. The van der Waals surface area contributed by atoms with Gasteiger partial charge < -0.3 is 0 Å². The van der Waals surface area contributed by atoms with Gasteiger partial charge in [0, 0.05) is 31.7 Å². The average Bonchev–Trinajstić information content (AvgIpc) is 3.13. The molecule has 1 aromatic heterocycles. The van der Waals surface area contributed by atoms with Gasteiger partial charge in [0.05, 0.1) is 11.2 Å². The third-order valence-corrected chi connectivity index (χ3v) is 10.2. The fourth-order valence-electron chi connectivity index (χ4n) is 6.87. The molecule has 0 N–H and O–H groups in total. The summed E-state index contributed by atoms with van der Waals surface area (Å²) in [6.07, 6.45) is 0. The van der Waals surface area contributed by atoms with Crippen molar-refractivity contribution in [1.29, 1.82) is 0 Å². The second-order valence-electron chi connectivity index (χ2n) is 11.7. The third-order valence-electron chi connectivity index (χ3n) is 9.01. The highest BCUT2D eigenvalue weighted by atomic mass is 32.2. The molecule has 0 spiro atoms. The molecule has 0 atom stereocenters. The third kappa shape index (κ3) is 4.24. The number of fused-ring (bicyclic) bond motifs is 8. The topological polar surface area (TPSA) is 22.0 Å². The summed E-state index contributed by atoms with van der Waals surface area (Å²) < 4.78 is 1.98. The van der Waals surface area contributed by atoms with Crippen LogP contribution in [-0.2, 0) is 0 Å². The first-order chi connectivity index (χ1) is 22.7. The highest BCUT2D eigenvalue weighted by molar-refractivity contribution is 7.99. The summed E-state index contributed by atoms with van der Waals surface area (Å²) in [4.78, 5) is 17.2. The molecule has 0 amide bonds. The van der Waals surface area contributed by atoms with Crippen molar-refractivity contribution in [3.05, 3.63) is 174 Å². The number of hydrogen-bond acceptors (Lipinski definition) is 2. The van der Waals surface area contributed by atoms with Crippen LogP contribution in [0.3, 0.4) is 0 Å². The van der Waals surface area contributed by atoms with Crippen molar-refractivity contribution in [2.75, 3.05) is 0 Å². The van der Waals surface area contributed by atoms with Crippen molar-refractivity contribution in [3.8, 4) is 50.2 Å². The molecule has 9 rings (SSSR count). The van der Waals surface area contributed by atoms with Crippen molar-refractivity contribution in [2.24, 2.45) is 0 Å². The Labute approximate surface area is 271 Å². The van der Waals surface area contributed by atoms with E-state index in [4.69, 9.17) is 0 Å². The molecular formula is C43H27NOS. The molecule has 3 heteroatoms. The Morgan fingerprint density at radius 3 is 1.63 bits per heavy atom. The van der Waals surface area contributed by atoms with Crippen LogP contribution in [-0.4, -0.2) is 4.57 Å². The molecule has 1 aliphatic heterocycles. The predicted molar refractivity (Wildman–Crippen MR) is 193 cm³/mol. The average molecular weight is 606 g/mol. The molecule has 8 aromatic rings. The minimum atomic E-state index is -0.0197. The number of hydrogen-bond donors (Lipinski definition) is 0. The van der Waals surface area contributed by atoms with E-state index in [2.05, 4.69) is 140 Å². The van der Waals surface area contributed by atoms with Crippen molar-refractivity contribution in [1.82, 2.24) is 4.57 Å². The van der Waals surface area contributed by atoms with Crippen molar-refractivity contribution in [3.63, 3.8) is 0 Å². The molecule has 0 fully saturated rings. The van der Waals surface area contributed by atoms with E-state index in [1.165, 1.54) is 0 Å². The van der Waals surface area contributed by atoms with Crippen LogP contribution in [0, 0.1) is 0 Å². The summed E-state index contributed by atoms with van der Waals surface area (Å²) in [6, 6.07) is 57.3. The second kappa shape index (κ2) is 10.8. The van der Waals surface area contributed by atoms with Crippen LogP contribution >= 0.6 is 11.8 Å². The lowest BCUT2D eigenvalue weighted by molar-refractivity contribution is 1.06. The predicted octanol–water partition coefficient (Wildman–Crippen LogP) is 11.3. The fourth-order valence-corrected chi connectivity index (χ4v) is 7.98. The van der Waals surface area contributed by atoms with Gasteiger partial charge in [0.25, 0.3) is 5.56 Å². The van der Waals surface area contributed by atoms with Gasteiger partial charge in [-0.05, 0) is 81.2 Å². The van der Waals surface area contributed by atoms with Gasteiger partial charge in [-0.1, -0.05) is 133 Å². The maximum absolute atomic E-state index is 14.9. The zero-order chi connectivity index (χ0) is 30.6. The van der Waals surface area contributed by atoms with E-state index in [0.717, 1.165) is 76.3 Å². The van der Waals surface area contributed by atoms with Gasteiger partial charge in [-0.3, -0.25) is 9.36 Å². The zero-order valence-electron chi connectivity index (χ0n) is 24.9. The van der Waals surface area contributed by atoms with E-state index < -0.39 is 0 Å². The maximum Gasteiger partial charge on any atom is 0.263 e. The number of pyridine rings is 1. The van der Waals surface area contributed by atoms with E-state index in [1.54, 1.807) is 11.8 Å². The molecule has 216 valence electrons. The highest BCUT2D eigenvalue weighted by Gasteiger charge is 2.24. The maximum atomic E-state index is 14.9. The summed E-state index contributed by atoms with van der Waals surface area (Å²) in [5.41, 5.74) is 10.6.